The Labute approximate surface area is 106 Å². The van der Waals surface area contributed by atoms with Crippen molar-refractivity contribution < 1.29 is 13.9 Å². The summed E-state index contributed by atoms with van der Waals surface area (Å²) in [6.45, 7) is 6.01. The summed E-state index contributed by atoms with van der Waals surface area (Å²) in [5, 5.41) is 2.90. The van der Waals surface area contributed by atoms with Crippen LogP contribution in [0.15, 0.2) is 24.3 Å². The summed E-state index contributed by atoms with van der Waals surface area (Å²) in [5.74, 6) is -0.416. The van der Waals surface area contributed by atoms with E-state index in [1.165, 1.54) is 0 Å². The SMILES string of the molecule is CC(C)(C)OC(=O)c1cccc(C2(F)CNC2)c1. The molecule has 2 rings (SSSR count). The molecule has 0 amide bonds. The number of carbonyl (C=O) groups is 1. The zero-order valence-electron chi connectivity index (χ0n) is 10.9. The summed E-state index contributed by atoms with van der Waals surface area (Å²) < 4.78 is 19.5. The van der Waals surface area contributed by atoms with Gasteiger partial charge in [-0.1, -0.05) is 12.1 Å². The third-order valence-corrected chi connectivity index (χ3v) is 2.82. The average Bonchev–Trinajstić information content (AvgIpc) is 2.24. The van der Waals surface area contributed by atoms with E-state index in [9.17, 15) is 9.18 Å². The first-order chi connectivity index (χ1) is 8.30. The lowest BCUT2D eigenvalue weighted by molar-refractivity contribution is 0.00689. The lowest BCUT2D eigenvalue weighted by atomic mass is 9.89. The van der Waals surface area contributed by atoms with E-state index < -0.39 is 17.2 Å². The summed E-state index contributed by atoms with van der Waals surface area (Å²) >= 11 is 0. The Bertz CT molecular complexity index is 461. The number of hydrogen-bond acceptors (Lipinski definition) is 3. The highest BCUT2D eigenvalue weighted by Gasteiger charge is 2.39. The van der Waals surface area contributed by atoms with Crippen molar-refractivity contribution in [3.05, 3.63) is 35.4 Å². The summed E-state index contributed by atoms with van der Waals surface area (Å²) in [7, 11) is 0. The second kappa shape index (κ2) is 4.35. The second-order valence-electron chi connectivity index (χ2n) is 5.65. The van der Waals surface area contributed by atoms with Crippen molar-refractivity contribution in [3.8, 4) is 0 Å². The zero-order valence-corrected chi connectivity index (χ0v) is 10.9. The molecule has 3 nitrogen and oxygen atoms in total. The van der Waals surface area contributed by atoms with E-state index in [0.29, 0.717) is 24.2 Å². The van der Waals surface area contributed by atoms with Crippen molar-refractivity contribution in [2.45, 2.75) is 32.0 Å². The van der Waals surface area contributed by atoms with Crippen LogP contribution in [-0.2, 0) is 10.4 Å². The topological polar surface area (TPSA) is 38.3 Å². The van der Waals surface area contributed by atoms with E-state index in [2.05, 4.69) is 5.32 Å². The molecule has 1 aromatic rings. The minimum absolute atomic E-state index is 0.296. The molecule has 1 aromatic carbocycles. The van der Waals surface area contributed by atoms with E-state index >= 15 is 0 Å². The molecule has 0 aromatic heterocycles. The van der Waals surface area contributed by atoms with Gasteiger partial charge in [-0.15, -0.1) is 0 Å². The molecule has 0 radical (unpaired) electrons. The smallest absolute Gasteiger partial charge is 0.338 e. The van der Waals surface area contributed by atoms with Crippen molar-refractivity contribution in [2.75, 3.05) is 13.1 Å². The largest absolute Gasteiger partial charge is 0.456 e. The molecule has 1 aliphatic rings. The molecule has 1 saturated heterocycles. The molecule has 0 aliphatic carbocycles. The zero-order chi connectivity index (χ0) is 13.4. The maximum Gasteiger partial charge on any atom is 0.338 e. The highest BCUT2D eigenvalue weighted by molar-refractivity contribution is 5.89. The molecule has 4 heteroatoms. The van der Waals surface area contributed by atoms with Gasteiger partial charge in [-0.25, -0.2) is 9.18 Å². The normalized spacial score (nSPS) is 18.0. The van der Waals surface area contributed by atoms with Crippen LogP contribution in [0, 0.1) is 0 Å². The number of halogens is 1. The van der Waals surface area contributed by atoms with Crippen LogP contribution in [0.4, 0.5) is 4.39 Å². The van der Waals surface area contributed by atoms with E-state index in [-0.39, 0.29) is 0 Å². The van der Waals surface area contributed by atoms with Crippen LogP contribution in [0.3, 0.4) is 0 Å². The first-order valence-electron chi connectivity index (χ1n) is 6.04. The van der Waals surface area contributed by atoms with Gasteiger partial charge in [-0.05, 0) is 38.5 Å². The Kier molecular flexibility index (Phi) is 3.15. The van der Waals surface area contributed by atoms with Gasteiger partial charge in [0.05, 0.1) is 5.56 Å². The van der Waals surface area contributed by atoms with Gasteiger partial charge in [-0.3, -0.25) is 0 Å². The fraction of sp³-hybridized carbons (Fsp3) is 0.500. The van der Waals surface area contributed by atoms with Crippen molar-refractivity contribution in [3.63, 3.8) is 0 Å². The highest BCUT2D eigenvalue weighted by Crippen LogP contribution is 2.30. The van der Waals surface area contributed by atoms with E-state index in [4.69, 9.17) is 4.74 Å². The maximum absolute atomic E-state index is 14.2. The highest BCUT2D eigenvalue weighted by atomic mass is 19.1. The predicted octanol–water partition coefficient (Wildman–Crippen LogP) is 2.41. The number of nitrogens with one attached hydrogen (secondary N) is 1. The van der Waals surface area contributed by atoms with Crippen molar-refractivity contribution in [2.24, 2.45) is 0 Å². The molecule has 1 aliphatic heterocycles. The number of esters is 1. The molecular weight excluding hydrogens is 233 g/mol. The maximum atomic E-state index is 14.2. The predicted molar refractivity (Wildman–Crippen MR) is 67.3 cm³/mol. The third-order valence-electron chi connectivity index (χ3n) is 2.82. The van der Waals surface area contributed by atoms with E-state index in [0.717, 1.165) is 0 Å². The number of alkyl halides is 1. The summed E-state index contributed by atoms with van der Waals surface area (Å²) in [6.07, 6.45) is 0. The van der Waals surface area contributed by atoms with E-state index in [1.807, 2.05) is 0 Å². The molecule has 0 unspecified atom stereocenters. The molecule has 18 heavy (non-hydrogen) atoms. The molecule has 0 atom stereocenters. The lowest BCUT2D eigenvalue weighted by Crippen LogP contribution is -2.53. The van der Waals surface area contributed by atoms with Crippen molar-refractivity contribution >= 4 is 5.97 Å². The lowest BCUT2D eigenvalue weighted by Gasteiger charge is -2.35. The number of hydrogen-bond donors (Lipinski definition) is 1. The van der Waals surface area contributed by atoms with Gasteiger partial charge in [0.2, 0.25) is 0 Å². The Balaban J connectivity index is 2.19. The van der Waals surface area contributed by atoms with Gasteiger partial charge in [0, 0.05) is 13.1 Å². The van der Waals surface area contributed by atoms with E-state index in [1.54, 1.807) is 45.0 Å². The molecule has 0 saturated carbocycles. The summed E-state index contributed by atoms with van der Waals surface area (Å²) in [6, 6.07) is 6.62. The Morgan fingerprint density at radius 1 is 1.39 bits per heavy atom. The first kappa shape index (κ1) is 13.0. The second-order valence-corrected chi connectivity index (χ2v) is 5.65. The Morgan fingerprint density at radius 3 is 2.56 bits per heavy atom. The van der Waals surface area contributed by atoms with Crippen molar-refractivity contribution in [1.29, 1.82) is 0 Å². The fourth-order valence-corrected chi connectivity index (χ4v) is 1.81. The first-order valence-corrected chi connectivity index (χ1v) is 6.04. The monoisotopic (exact) mass is 251 g/mol. The van der Waals surface area contributed by atoms with Crippen LogP contribution in [-0.4, -0.2) is 24.7 Å². The van der Waals surface area contributed by atoms with Crippen molar-refractivity contribution in [1.82, 2.24) is 5.32 Å². The quantitative estimate of drug-likeness (QED) is 0.820. The van der Waals surface area contributed by atoms with Gasteiger partial charge in [-0.2, -0.15) is 0 Å². The summed E-state index contributed by atoms with van der Waals surface area (Å²) in [5.41, 5.74) is -0.966. The average molecular weight is 251 g/mol. The van der Waals surface area contributed by atoms with Crippen LogP contribution in [0.1, 0.15) is 36.7 Å². The standard InChI is InChI=1S/C14H18FNO2/c1-13(2,3)18-12(17)10-5-4-6-11(7-10)14(15)8-16-9-14/h4-7,16H,8-9H2,1-3H3. The van der Waals surface area contributed by atoms with Gasteiger partial charge < -0.3 is 10.1 Å². The van der Waals surface area contributed by atoms with Gasteiger partial charge in [0.1, 0.15) is 5.60 Å². The van der Waals surface area contributed by atoms with Crippen LogP contribution in [0.25, 0.3) is 0 Å². The molecular formula is C14H18FNO2. The Morgan fingerprint density at radius 2 is 2.06 bits per heavy atom. The Hall–Kier alpha value is -1.42. The number of ether oxygens (including phenoxy) is 1. The number of rotatable bonds is 2. The van der Waals surface area contributed by atoms with Crippen LogP contribution in [0.5, 0.6) is 0 Å². The number of carbonyl (C=O) groups excluding carboxylic acids is 1. The van der Waals surface area contributed by atoms with Gasteiger partial charge >= 0.3 is 5.97 Å². The number of benzene rings is 1. The molecule has 1 fully saturated rings. The van der Waals surface area contributed by atoms with Gasteiger partial charge in [0.25, 0.3) is 0 Å². The van der Waals surface area contributed by atoms with Crippen LogP contribution in [0.2, 0.25) is 0 Å². The molecule has 1 heterocycles. The molecule has 0 spiro atoms. The molecule has 98 valence electrons. The minimum Gasteiger partial charge on any atom is -0.456 e. The van der Waals surface area contributed by atoms with Crippen LogP contribution < -0.4 is 5.32 Å². The minimum atomic E-state index is -1.35. The van der Waals surface area contributed by atoms with Gasteiger partial charge in [0.15, 0.2) is 5.67 Å². The fourth-order valence-electron chi connectivity index (χ4n) is 1.81. The molecule has 1 N–H and O–H groups in total. The molecule has 0 bridgehead atoms. The van der Waals surface area contributed by atoms with Crippen LogP contribution >= 0.6 is 0 Å². The summed E-state index contributed by atoms with van der Waals surface area (Å²) in [4.78, 5) is 11.9. The third kappa shape index (κ3) is 2.70.